The van der Waals surface area contributed by atoms with Gasteiger partial charge in [0.15, 0.2) is 0 Å². The van der Waals surface area contributed by atoms with Gasteiger partial charge in [0.2, 0.25) is 0 Å². The van der Waals surface area contributed by atoms with Crippen molar-refractivity contribution in [1.82, 2.24) is 4.90 Å². The van der Waals surface area contributed by atoms with Crippen LogP contribution >= 0.6 is 0 Å². The molecular formula is C21H25N3O2. The summed E-state index contributed by atoms with van der Waals surface area (Å²) in [5.41, 5.74) is 9.10. The number of carbonyl (C=O) groups excluding carboxylic acids is 1. The summed E-state index contributed by atoms with van der Waals surface area (Å²) in [4.78, 5) is 14.4. The molecule has 136 valence electrons. The number of para-hydroxylation sites is 1. The largest absolute Gasteiger partial charge is 0.438 e. The lowest BCUT2D eigenvalue weighted by atomic mass is 9.82. The third-order valence-electron chi connectivity index (χ3n) is 5.44. The van der Waals surface area contributed by atoms with Crippen LogP contribution in [0.3, 0.4) is 0 Å². The standard InChI is InChI=1S/C21H25N3O2/c22-17(14-16-6-2-1-3-7-16)15-24-12-10-21(11-13-24)18-8-4-5-9-19(18)23-20(25)26-21/h1-9,17H,10-15,22H2,(H,23,25)/t17-/m0/s1. The van der Waals surface area contributed by atoms with E-state index in [-0.39, 0.29) is 12.1 Å². The van der Waals surface area contributed by atoms with Gasteiger partial charge in [-0.1, -0.05) is 48.5 Å². The van der Waals surface area contributed by atoms with Crippen LogP contribution in [0.15, 0.2) is 54.6 Å². The lowest BCUT2D eigenvalue weighted by Gasteiger charge is -2.44. The fraction of sp³-hybridized carbons (Fsp3) is 0.381. The van der Waals surface area contributed by atoms with Crippen molar-refractivity contribution in [2.75, 3.05) is 25.0 Å². The number of hydrogen-bond acceptors (Lipinski definition) is 4. The van der Waals surface area contributed by atoms with Crippen molar-refractivity contribution in [3.05, 3.63) is 65.7 Å². The molecule has 1 fully saturated rings. The average molecular weight is 351 g/mol. The molecule has 0 aliphatic carbocycles. The summed E-state index contributed by atoms with van der Waals surface area (Å²) in [7, 11) is 0. The van der Waals surface area contributed by atoms with Crippen LogP contribution in [0.4, 0.5) is 10.5 Å². The number of carbonyl (C=O) groups is 1. The van der Waals surface area contributed by atoms with Gasteiger partial charge in [-0.3, -0.25) is 5.32 Å². The van der Waals surface area contributed by atoms with Crippen molar-refractivity contribution >= 4 is 11.8 Å². The Morgan fingerprint density at radius 3 is 2.54 bits per heavy atom. The molecule has 1 atom stereocenters. The third-order valence-corrected chi connectivity index (χ3v) is 5.44. The fourth-order valence-electron chi connectivity index (χ4n) is 4.14. The maximum absolute atomic E-state index is 12.0. The number of amides is 1. The van der Waals surface area contributed by atoms with Crippen LogP contribution < -0.4 is 11.1 Å². The Bertz CT molecular complexity index is 770. The number of rotatable bonds is 4. The van der Waals surface area contributed by atoms with Crippen molar-refractivity contribution < 1.29 is 9.53 Å². The minimum absolute atomic E-state index is 0.106. The Balaban J connectivity index is 1.39. The van der Waals surface area contributed by atoms with Crippen molar-refractivity contribution in [2.24, 2.45) is 5.73 Å². The smallest absolute Gasteiger partial charge is 0.412 e. The summed E-state index contributed by atoms with van der Waals surface area (Å²) < 4.78 is 5.78. The fourth-order valence-corrected chi connectivity index (χ4v) is 4.14. The quantitative estimate of drug-likeness (QED) is 0.888. The van der Waals surface area contributed by atoms with Gasteiger partial charge in [-0.2, -0.15) is 0 Å². The molecule has 5 nitrogen and oxygen atoms in total. The van der Waals surface area contributed by atoms with Crippen molar-refractivity contribution in [3.63, 3.8) is 0 Å². The lowest BCUT2D eigenvalue weighted by molar-refractivity contribution is -0.0386. The molecule has 1 amide bonds. The predicted molar refractivity (Wildman–Crippen MR) is 102 cm³/mol. The topological polar surface area (TPSA) is 67.6 Å². The molecule has 5 heteroatoms. The van der Waals surface area contributed by atoms with E-state index in [4.69, 9.17) is 10.5 Å². The number of likely N-dealkylation sites (tertiary alicyclic amines) is 1. The van der Waals surface area contributed by atoms with Crippen LogP contribution in [0.1, 0.15) is 24.0 Å². The highest BCUT2D eigenvalue weighted by molar-refractivity contribution is 5.88. The highest BCUT2D eigenvalue weighted by Crippen LogP contribution is 2.43. The van der Waals surface area contributed by atoms with Gasteiger partial charge in [-0.25, -0.2) is 4.79 Å². The van der Waals surface area contributed by atoms with Gasteiger partial charge in [-0.15, -0.1) is 0 Å². The first-order valence-electron chi connectivity index (χ1n) is 9.26. The highest BCUT2D eigenvalue weighted by atomic mass is 16.6. The van der Waals surface area contributed by atoms with Crippen LogP contribution in [-0.2, 0) is 16.8 Å². The van der Waals surface area contributed by atoms with E-state index in [2.05, 4.69) is 40.5 Å². The summed E-state index contributed by atoms with van der Waals surface area (Å²) in [6.07, 6.45) is 2.13. The van der Waals surface area contributed by atoms with Crippen LogP contribution in [0.5, 0.6) is 0 Å². The maximum Gasteiger partial charge on any atom is 0.412 e. The number of ether oxygens (including phenoxy) is 1. The monoisotopic (exact) mass is 351 g/mol. The molecule has 2 aromatic carbocycles. The molecule has 2 aliphatic rings. The molecule has 2 aromatic rings. The van der Waals surface area contributed by atoms with Crippen LogP contribution in [0.2, 0.25) is 0 Å². The van der Waals surface area contributed by atoms with Gasteiger partial charge in [0, 0.05) is 44.1 Å². The van der Waals surface area contributed by atoms with Gasteiger partial charge < -0.3 is 15.4 Å². The van der Waals surface area contributed by atoms with Crippen molar-refractivity contribution in [1.29, 1.82) is 0 Å². The molecule has 26 heavy (non-hydrogen) atoms. The first-order chi connectivity index (χ1) is 12.6. The SMILES string of the molecule is N[C@@H](Cc1ccccc1)CN1CCC2(CC1)OC(=O)Nc1ccccc12. The number of nitrogens with one attached hydrogen (secondary N) is 1. The Hall–Kier alpha value is -2.37. The molecule has 0 aromatic heterocycles. The molecule has 0 saturated carbocycles. The second-order valence-corrected chi connectivity index (χ2v) is 7.30. The van der Waals surface area contributed by atoms with E-state index in [1.165, 1.54) is 5.56 Å². The molecule has 0 bridgehead atoms. The third kappa shape index (κ3) is 3.45. The Kier molecular flexibility index (Phi) is 4.66. The van der Waals surface area contributed by atoms with Gasteiger partial charge >= 0.3 is 6.09 Å². The summed E-state index contributed by atoms with van der Waals surface area (Å²) in [6.45, 7) is 2.62. The van der Waals surface area contributed by atoms with E-state index >= 15 is 0 Å². The normalized spacial score (nSPS) is 20.1. The lowest BCUT2D eigenvalue weighted by Crippen LogP contribution is -2.50. The molecule has 1 spiro atoms. The second kappa shape index (κ2) is 7.09. The number of nitrogens with zero attached hydrogens (tertiary/aromatic N) is 1. The number of piperidine rings is 1. The molecule has 3 N–H and O–H groups in total. The zero-order chi connectivity index (χ0) is 18.0. The van der Waals surface area contributed by atoms with E-state index in [0.717, 1.165) is 50.1 Å². The first kappa shape index (κ1) is 17.1. The number of hydrogen-bond donors (Lipinski definition) is 2. The summed E-state index contributed by atoms with van der Waals surface area (Å²) in [5, 5.41) is 2.81. The summed E-state index contributed by atoms with van der Waals surface area (Å²) in [5.74, 6) is 0. The van der Waals surface area contributed by atoms with E-state index in [9.17, 15) is 4.79 Å². The van der Waals surface area contributed by atoms with Crippen molar-refractivity contribution in [3.8, 4) is 0 Å². The number of benzene rings is 2. The summed E-state index contributed by atoms with van der Waals surface area (Å²) >= 11 is 0. The van der Waals surface area contributed by atoms with Gasteiger partial charge in [-0.05, 0) is 18.1 Å². The van der Waals surface area contributed by atoms with Crippen LogP contribution in [0.25, 0.3) is 0 Å². The van der Waals surface area contributed by atoms with E-state index in [0.29, 0.717) is 0 Å². The molecule has 1 saturated heterocycles. The highest BCUT2D eigenvalue weighted by Gasteiger charge is 2.44. The minimum Gasteiger partial charge on any atom is -0.438 e. The van der Waals surface area contributed by atoms with E-state index < -0.39 is 5.60 Å². The molecule has 4 rings (SSSR count). The van der Waals surface area contributed by atoms with E-state index in [1.807, 2.05) is 24.3 Å². The molecule has 2 heterocycles. The Morgan fingerprint density at radius 2 is 1.77 bits per heavy atom. The molecule has 0 radical (unpaired) electrons. The van der Waals surface area contributed by atoms with Gasteiger partial charge in [0.1, 0.15) is 5.60 Å². The summed E-state index contributed by atoms with van der Waals surface area (Å²) in [6, 6.07) is 18.4. The van der Waals surface area contributed by atoms with Crippen LogP contribution in [0, 0.1) is 0 Å². The first-order valence-corrected chi connectivity index (χ1v) is 9.26. The second-order valence-electron chi connectivity index (χ2n) is 7.30. The predicted octanol–water partition coefficient (Wildman–Crippen LogP) is 3.11. The zero-order valence-electron chi connectivity index (χ0n) is 14.9. The molecular weight excluding hydrogens is 326 g/mol. The molecule has 0 unspecified atom stereocenters. The van der Waals surface area contributed by atoms with E-state index in [1.54, 1.807) is 0 Å². The van der Waals surface area contributed by atoms with Gasteiger partial charge in [0.05, 0.1) is 5.69 Å². The number of nitrogens with two attached hydrogens (primary N) is 1. The number of anilines is 1. The van der Waals surface area contributed by atoms with Crippen LogP contribution in [-0.4, -0.2) is 36.7 Å². The number of fused-ring (bicyclic) bond motifs is 2. The Labute approximate surface area is 154 Å². The average Bonchev–Trinajstić information content (AvgIpc) is 2.64. The Morgan fingerprint density at radius 1 is 1.08 bits per heavy atom. The van der Waals surface area contributed by atoms with Crippen molar-refractivity contribution in [2.45, 2.75) is 30.9 Å². The molecule has 2 aliphatic heterocycles. The van der Waals surface area contributed by atoms with Gasteiger partial charge in [0.25, 0.3) is 0 Å². The minimum atomic E-state index is -0.501. The maximum atomic E-state index is 12.0. The zero-order valence-corrected chi connectivity index (χ0v) is 14.9.